The van der Waals surface area contributed by atoms with Crippen LogP contribution < -0.4 is 5.32 Å². The molecule has 0 radical (unpaired) electrons. The van der Waals surface area contributed by atoms with Crippen molar-refractivity contribution in [2.75, 3.05) is 5.75 Å². The number of hydrogen-bond acceptors (Lipinski definition) is 3. The summed E-state index contributed by atoms with van der Waals surface area (Å²) in [6.07, 6.45) is 6.63. The van der Waals surface area contributed by atoms with Crippen molar-refractivity contribution in [2.24, 2.45) is 0 Å². The first kappa shape index (κ1) is 8.29. The van der Waals surface area contributed by atoms with Gasteiger partial charge in [-0.05, 0) is 0 Å². The van der Waals surface area contributed by atoms with Crippen LogP contribution in [0.25, 0.3) is 0 Å². The molecule has 0 heterocycles. The fourth-order valence-electron chi connectivity index (χ4n) is 0.189. The predicted molar refractivity (Wildman–Crippen MR) is 42.6 cm³/mol. The van der Waals surface area contributed by atoms with E-state index in [0.717, 1.165) is 0 Å². The van der Waals surface area contributed by atoms with Gasteiger partial charge < -0.3 is 0 Å². The van der Waals surface area contributed by atoms with Crippen LogP contribution in [0.4, 0.5) is 0 Å². The van der Waals surface area contributed by atoms with Crippen molar-refractivity contribution in [3.05, 3.63) is 0 Å². The maximum Gasteiger partial charge on any atom is 0.182 e. The quantitative estimate of drug-likeness (QED) is 0.262. The summed E-state index contributed by atoms with van der Waals surface area (Å²) in [5.41, 5.74) is 0. The zero-order valence-electron chi connectivity index (χ0n) is 4.55. The Balaban J connectivity index is 3.33. The minimum absolute atomic E-state index is 0.426. The standard InChI is InChI=1S/C5H4N2S2/c1-2-3-9-5(8)7-4-6/h1H,3H2,(H,7,8). The molecule has 0 aliphatic carbocycles. The minimum atomic E-state index is 0.426. The van der Waals surface area contributed by atoms with Crippen LogP contribution in [0.15, 0.2) is 0 Å². The van der Waals surface area contributed by atoms with Crippen molar-refractivity contribution in [1.29, 1.82) is 5.26 Å². The molecule has 0 rings (SSSR count). The van der Waals surface area contributed by atoms with E-state index in [9.17, 15) is 0 Å². The molecule has 0 saturated carbocycles. The Morgan fingerprint density at radius 3 is 3.00 bits per heavy atom. The maximum atomic E-state index is 8.02. The highest BCUT2D eigenvalue weighted by Crippen LogP contribution is 1.98. The first-order chi connectivity index (χ1) is 4.31. The number of nitriles is 1. The van der Waals surface area contributed by atoms with Crippen LogP contribution in [0.3, 0.4) is 0 Å². The number of nitrogens with one attached hydrogen (secondary N) is 1. The zero-order chi connectivity index (χ0) is 7.11. The summed E-state index contributed by atoms with van der Waals surface area (Å²) in [7, 11) is 0. The lowest BCUT2D eigenvalue weighted by atomic mass is 10.8. The molecule has 0 bridgehead atoms. The number of nitrogens with zero attached hydrogens (tertiary/aromatic N) is 1. The summed E-state index contributed by atoms with van der Waals surface area (Å²) >= 11 is 5.92. The Bertz CT molecular complexity index is 174. The molecule has 0 unspecified atom stereocenters. The van der Waals surface area contributed by atoms with Crippen molar-refractivity contribution in [2.45, 2.75) is 0 Å². The summed E-state index contributed by atoms with van der Waals surface area (Å²) in [6, 6.07) is 0. The summed E-state index contributed by atoms with van der Waals surface area (Å²) in [6.45, 7) is 0. The molecule has 0 aromatic heterocycles. The third kappa shape index (κ3) is 5.16. The predicted octanol–water partition coefficient (Wildman–Crippen LogP) is 0.708. The van der Waals surface area contributed by atoms with Gasteiger partial charge in [0.2, 0.25) is 0 Å². The molecule has 46 valence electrons. The van der Waals surface area contributed by atoms with E-state index in [1.54, 1.807) is 6.19 Å². The van der Waals surface area contributed by atoms with Crippen LogP contribution in [0, 0.1) is 23.8 Å². The monoisotopic (exact) mass is 156 g/mol. The van der Waals surface area contributed by atoms with Crippen molar-refractivity contribution in [1.82, 2.24) is 5.32 Å². The third-order valence-electron chi connectivity index (χ3n) is 0.445. The number of thiocarbonyl (C=S) groups is 1. The molecule has 0 aromatic carbocycles. The SMILES string of the molecule is C#CCSC(=S)NC#N. The van der Waals surface area contributed by atoms with Gasteiger partial charge >= 0.3 is 0 Å². The molecule has 1 N–H and O–H groups in total. The van der Waals surface area contributed by atoms with Crippen LogP contribution >= 0.6 is 24.0 Å². The summed E-state index contributed by atoms with van der Waals surface area (Å²) in [4.78, 5) is 0. The van der Waals surface area contributed by atoms with Gasteiger partial charge in [0.25, 0.3) is 0 Å². The molecule has 9 heavy (non-hydrogen) atoms. The second-order valence-corrected chi connectivity index (χ2v) is 2.67. The first-order valence-electron chi connectivity index (χ1n) is 2.06. The molecular weight excluding hydrogens is 152 g/mol. The van der Waals surface area contributed by atoms with Gasteiger partial charge in [0.15, 0.2) is 6.19 Å². The maximum absolute atomic E-state index is 8.02. The van der Waals surface area contributed by atoms with Crippen LogP contribution in [-0.4, -0.2) is 10.1 Å². The van der Waals surface area contributed by atoms with Crippen molar-refractivity contribution in [3.63, 3.8) is 0 Å². The van der Waals surface area contributed by atoms with Crippen molar-refractivity contribution >= 4 is 28.3 Å². The van der Waals surface area contributed by atoms with E-state index in [4.69, 9.17) is 11.7 Å². The van der Waals surface area contributed by atoms with E-state index in [0.29, 0.717) is 10.1 Å². The molecule has 0 spiro atoms. The van der Waals surface area contributed by atoms with Gasteiger partial charge in [0.05, 0.1) is 5.75 Å². The highest BCUT2D eigenvalue weighted by atomic mass is 32.2. The second kappa shape index (κ2) is 5.43. The number of thioether (sulfide) groups is 1. The van der Waals surface area contributed by atoms with Gasteiger partial charge in [-0.25, -0.2) is 0 Å². The normalized spacial score (nSPS) is 6.89. The highest BCUT2D eigenvalue weighted by molar-refractivity contribution is 8.23. The Kier molecular flexibility index (Phi) is 5.00. The van der Waals surface area contributed by atoms with Crippen molar-refractivity contribution < 1.29 is 0 Å². The molecule has 0 atom stereocenters. The van der Waals surface area contributed by atoms with Gasteiger partial charge in [-0.3, -0.25) is 5.32 Å². The van der Waals surface area contributed by atoms with Crippen LogP contribution in [0.5, 0.6) is 0 Å². The first-order valence-corrected chi connectivity index (χ1v) is 3.46. The lowest BCUT2D eigenvalue weighted by Gasteiger charge is -1.92. The summed E-state index contributed by atoms with van der Waals surface area (Å²) in [5.74, 6) is 2.89. The van der Waals surface area contributed by atoms with Gasteiger partial charge in [-0.2, -0.15) is 5.26 Å². The van der Waals surface area contributed by atoms with E-state index >= 15 is 0 Å². The molecule has 4 heteroatoms. The topological polar surface area (TPSA) is 35.8 Å². The molecular formula is C5H4N2S2. The average Bonchev–Trinajstić information content (AvgIpc) is 1.85. The fraction of sp³-hybridized carbons (Fsp3) is 0.200. The average molecular weight is 156 g/mol. The van der Waals surface area contributed by atoms with Crippen LogP contribution in [0.1, 0.15) is 0 Å². The summed E-state index contributed by atoms with van der Waals surface area (Å²) < 4.78 is 0.426. The van der Waals surface area contributed by atoms with E-state index in [2.05, 4.69) is 23.5 Å². The Labute approximate surface area is 63.6 Å². The third-order valence-corrected chi connectivity index (χ3v) is 1.58. The van der Waals surface area contributed by atoms with Gasteiger partial charge in [0, 0.05) is 0 Å². The Hall–Kier alpha value is -0.710. The van der Waals surface area contributed by atoms with Gasteiger partial charge in [-0.1, -0.05) is 29.9 Å². The highest BCUT2D eigenvalue weighted by Gasteiger charge is 1.90. The van der Waals surface area contributed by atoms with Gasteiger partial charge in [0.1, 0.15) is 4.32 Å². The molecule has 0 saturated heterocycles. The second-order valence-electron chi connectivity index (χ2n) is 1.02. The number of rotatable bonds is 1. The zero-order valence-corrected chi connectivity index (χ0v) is 6.18. The molecule has 0 fully saturated rings. The van der Waals surface area contributed by atoms with E-state index in [1.807, 2.05) is 0 Å². The molecule has 0 amide bonds. The smallest absolute Gasteiger partial charge is 0.182 e. The molecule has 2 nitrogen and oxygen atoms in total. The lowest BCUT2D eigenvalue weighted by Crippen LogP contribution is -2.10. The molecule has 0 aromatic rings. The van der Waals surface area contributed by atoms with E-state index in [-0.39, 0.29) is 0 Å². The Morgan fingerprint density at radius 1 is 1.89 bits per heavy atom. The largest absolute Gasteiger partial charge is 0.278 e. The Morgan fingerprint density at radius 2 is 2.56 bits per heavy atom. The number of terminal acetylenes is 1. The van der Waals surface area contributed by atoms with E-state index in [1.165, 1.54) is 11.8 Å². The van der Waals surface area contributed by atoms with Gasteiger partial charge in [-0.15, -0.1) is 6.42 Å². The fourth-order valence-corrected chi connectivity index (χ4v) is 0.744. The van der Waals surface area contributed by atoms with Crippen LogP contribution in [-0.2, 0) is 0 Å². The van der Waals surface area contributed by atoms with E-state index < -0.39 is 0 Å². The molecule has 0 aliphatic rings. The molecule has 0 aliphatic heterocycles. The van der Waals surface area contributed by atoms with Crippen LogP contribution in [0.2, 0.25) is 0 Å². The minimum Gasteiger partial charge on any atom is -0.278 e. The number of hydrogen-bond donors (Lipinski definition) is 1. The summed E-state index contributed by atoms with van der Waals surface area (Å²) in [5, 5.41) is 10.3. The lowest BCUT2D eigenvalue weighted by molar-refractivity contribution is 1.31. The van der Waals surface area contributed by atoms with Crippen molar-refractivity contribution in [3.8, 4) is 18.5 Å².